The lowest BCUT2D eigenvalue weighted by molar-refractivity contribution is -0.118. The maximum atomic E-state index is 13.4. The minimum Gasteiger partial charge on any atom is -0.454 e. The highest BCUT2D eigenvalue weighted by Gasteiger charge is 2.51. The number of benzene rings is 3. The van der Waals surface area contributed by atoms with Gasteiger partial charge in [0, 0.05) is 19.8 Å². The molecule has 0 bridgehead atoms. The van der Waals surface area contributed by atoms with E-state index in [4.69, 9.17) is 9.47 Å². The van der Waals surface area contributed by atoms with Crippen LogP contribution in [0.5, 0.6) is 11.5 Å². The SMILES string of the molecule is Cc1ccc(NC(=O)C2(c3ccc4c(c3)OCO4)CC2)cc1-c1cc(S(=O)(=O)N(C)C)ccc1C. The molecule has 0 radical (unpaired) electrons. The monoisotopic (exact) mass is 492 g/mol. The van der Waals surface area contributed by atoms with Gasteiger partial charge in [-0.3, -0.25) is 4.79 Å². The normalized spacial score (nSPS) is 15.8. The fourth-order valence-corrected chi connectivity index (χ4v) is 5.40. The van der Waals surface area contributed by atoms with Gasteiger partial charge in [0.15, 0.2) is 11.5 Å². The summed E-state index contributed by atoms with van der Waals surface area (Å²) in [5, 5.41) is 3.09. The fourth-order valence-electron chi connectivity index (χ4n) is 4.47. The lowest BCUT2D eigenvalue weighted by Gasteiger charge is -2.18. The van der Waals surface area contributed by atoms with E-state index in [0.717, 1.165) is 40.7 Å². The van der Waals surface area contributed by atoms with Crippen molar-refractivity contribution in [1.82, 2.24) is 4.31 Å². The van der Waals surface area contributed by atoms with Crippen molar-refractivity contribution >= 4 is 21.6 Å². The number of rotatable bonds is 6. The van der Waals surface area contributed by atoms with Gasteiger partial charge in [-0.2, -0.15) is 0 Å². The van der Waals surface area contributed by atoms with Gasteiger partial charge in [-0.1, -0.05) is 18.2 Å². The molecule has 0 atom stereocenters. The Hall–Kier alpha value is -3.36. The molecule has 8 heteroatoms. The van der Waals surface area contributed by atoms with E-state index in [0.29, 0.717) is 17.2 Å². The van der Waals surface area contributed by atoms with Gasteiger partial charge in [0.2, 0.25) is 22.7 Å². The zero-order chi connectivity index (χ0) is 25.0. The lowest BCUT2D eigenvalue weighted by atomic mass is 9.93. The Balaban J connectivity index is 1.45. The number of carbonyl (C=O) groups is 1. The van der Waals surface area contributed by atoms with Crippen molar-refractivity contribution in [2.75, 3.05) is 26.2 Å². The first-order chi connectivity index (χ1) is 16.6. The molecule has 1 fully saturated rings. The number of hydrogen-bond donors (Lipinski definition) is 1. The second kappa shape index (κ2) is 8.39. The van der Waals surface area contributed by atoms with E-state index < -0.39 is 15.4 Å². The van der Waals surface area contributed by atoms with Gasteiger partial charge in [-0.25, -0.2) is 12.7 Å². The van der Waals surface area contributed by atoms with Gasteiger partial charge in [-0.15, -0.1) is 0 Å². The van der Waals surface area contributed by atoms with Gasteiger partial charge >= 0.3 is 0 Å². The Morgan fingerprint density at radius 2 is 1.54 bits per heavy atom. The van der Waals surface area contributed by atoms with Gasteiger partial charge in [0.1, 0.15) is 0 Å². The number of nitrogens with zero attached hydrogens (tertiary/aromatic N) is 1. The van der Waals surface area contributed by atoms with Crippen LogP contribution in [-0.4, -0.2) is 39.5 Å². The van der Waals surface area contributed by atoms with Gasteiger partial charge < -0.3 is 14.8 Å². The quantitative estimate of drug-likeness (QED) is 0.543. The van der Waals surface area contributed by atoms with Crippen molar-refractivity contribution in [3.8, 4) is 22.6 Å². The third-order valence-electron chi connectivity index (χ3n) is 6.88. The van der Waals surface area contributed by atoms with Crippen molar-refractivity contribution in [3.05, 3.63) is 71.3 Å². The molecule has 35 heavy (non-hydrogen) atoms. The standard InChI is InChI=1S/C27H28N2O5S/c1-17-5-8-20(14-22(17)23-15-21(9-6-18(23)2)35(31,32)29(3)4)28-26(30)27(11-12-27)19-7-10-24-25(13-19)34-16-33-24/h5-10,13-15H,11-12,16H2,1-4H3,(H,28,30). The number of carbonyl (C=O) groups excluding carboxylic acids is 1. The first-order valence-electron chi connectivity index (χ1n) is 11.5. The van der Waals surface area contributed by atoms with Gasteiger partial charge in [0.25, 0.3) is 0 Å². The zero-order valence-corrected chi connectivity index (χ0v) is 21.0. The molecule has 182 valence electrons. The van der Waals surface area contributed by atoms with Crippen LogP contribution in [0.1, 0.15) is 29.5 Å². The summed E-state index contributed by atoms with van der Waals surface area (Å²) in [6.45, 7) is 4.12. The molecule has 2 aliphatic rings. The van der Waals surface area contributed by atoms with Crippen LogP contribution in [-0.2, 0) is 20.2 Å². The summed E-state index contributed by atoms with van der Waals surface area (Å²) in [5.74, 6) is 1.30. The average molecular weight is 493 g/mol. The number of fused-ring (bicyclic) bond motifs is 1. The summed E-state index contributed by atoms with van der Waals surface area (Å²) in [5.41, 5.74) is 4.65. The average Bonchev–Trinajstić information content (AvgIpc) is 3.51. The van der Waals surface area contributed by atoms with Crippen molar-refractivity contribution in [1.29, 1.82) is 0 Å². The summed E-state index contributed by atoms with van der Waals surface area (Å²) in [4.78, 5) is 13.6. The third-order valence-corrected chi connectivity index (χ3v) is 8.69. The molecule has 3 aromatic carbocycles. The Bertz CT molecular complexity index is 1440. The number of sulfonamides is 1. The van der Waals surface area contributed by atoms with Crippen LogP contribution in [0.25, 0.3) is 11.1 Å². The number of nitrogens with one attached hydrogen (secondary N) is 1. The molecule has 1 saturated carbocycles. The summed E-state index contributed by atoms with van der Waals surface area (Å²) in [7, 11) is -0.532. The maximum absolute atomic E-state index is 13.4. The predicted octanol–water partition coefficient (Wildman–Crippen LogP) is 4.62. The number of amides is 1. The number of hydrogen-bond acceptors (Lipinski definition) is 5. The molecule has 1 heterocycles. The first-order valence-corrected chi connectivity index (χ1v) is 12.9. The first kappa shape index (κ1) is 23.4. The molecule has 1 aliphatic carbocycles. The Morgan fingerprint density at radius 3 is 2.23 bits per heavy atom. The van der Waals surface area contributed by atoms with Crippen molar-refractivity contribution < 1.29 is 22.7 Å². The maximum Gasteiger partial charge on any atom is 0.242 e. The number of aryl methyl sites for hydroxylation is 2. The van der Waals surface area contributed by atoms with Crippen LogP contribution in [0.3, 0.4) is 0 Å². The molecule has 0 aromatic heterocycles. The largest absolute Gasteiger partial charge is 0.454 e. The number of anilines is 1. The van der Waals surface area contributed by atoms with Crippen LogP contribution in [0, 0.1) is 13.8 Å². The van der Waals surface area contributed by atoms with E-state index in [1.54, 1.807) is 12.1 Å². The van der Waals surface area contributed by atoms with Gasteiger partial charge in [0.05, 0.1) is 10.3 Å². The molecular weight excluding hydrogens is 464 g/mol. The van der Waals surface area contributed by atoms with Crippen LogP contribution in [0.2, 0.25) is 0 Å². The molecular formula is C27H28N2O5S. The van der Waals surface area contributed by atoms with Gasteiger partial charge in [-0.05, 0) is 90.9 Å². The topological polar surface area (TPSA) is 84.9 Å². The van der Waals surface area contributed by atoms with Crippen molar-refractivity contribution in [2.45, 2.75) is 37.0 Å². The summed E-state index contributed by atoms with van der Waals surface area (Å²) >= 11 is 0. The molecule has 3 aromatic rings. The summed E-state index contributed by atoms with van der Waals surface area (Å²) in [6, 6.07) is 16.6. The highest BCUT2D eigenvalue weighted by atomic mass is 32.2. The molecule has 0 saturated heterocycles. The number of ether oxygens (including phenoxy) is 2. The lowest BCUT2D eigenvalue weighted by Crippen LogP contribution is -2.27. The molecule has 1 N–H and O–H groups in total. The predicted molar refractivity (Wildman–Crippen MR) is 134 cm³/mol. The van der Waals surface area contributed by atoms with Crippen LogP contribution in [0.4, 0.5) is 5.69 Å². The highest BCUT2D eigenvalue weighted by molar-refractivity contribution is 7.89. The van der Waals surface area contributed by atoms with E-state index in [9.17, 15) is 13.2 Å². The Labute approximate surface area is 205 Å². The third kappa shape index (κ3) is 4.06. The highest BCUT2D eigenvalue weighted by Crippen LogP contribution is 2.51. The van der Waals surface area contributed by atoms with Crippen molar-refractivity contribution in [3.63, 3.8) is 0 Å². The smallest absolute Gasteiger partial charge is 0.242 e. The van der Waals surface area contributed by atoms with Crippen LogP contribution >= 0.6 is 0 Å². The van der Waals surface area contributed by atoms with E-state index in [2.05, 4.69) is 5.32 Å². The molecule has 5 rings (SSSR count). The molecule has 1 amide bonds. The molecule has 7 nitrogen and oxygen atoms in total. The summed E-state index contributed by atoms with van der Waals surface area (Å²) < 4.78 is 37.5. The zero-order valence-electron chi connectivity index (χ0n) is 20.2. The second-order valence-electron chi connectivity index (χ2n) is 9.40. The van der Waals surface area contributed by atoms with Crippen LogP contribution in [0.15, 0.2) is 59.5 Å². The molecule has 1 aliphatic heterocycles. The minimum atomic E-state index is -3.57. The minimum absolute atomic E-state index is 0.0631. The Morgan fingerprint density at radius 1 is 0.886 bits per heavy atom. The summed E-state index contributed by atoms with van der Waals surface area (Å²) in [6.07, 6.45) is 1.53. The molecule has 0 unspecified atom stereocenters. The molecule has 0 spiro atoms. The second-order valence-corrected chi connectivity index (χ2v) is 11.5. The van der Waals surface area contributed by atoms with E-state index >= 15 is 0 Å². The van der Waals surface area contributed by atoms with E-state index in [-0.39, 0.29) is 17.6 Å². The van der Waals surface area contributed by atoms with E-state index in [1.165, 1.54) is 18.4 Å². The van der Waals surface area contributed by atoms with Crippen LogP contribution < -0.4 is 14.8 Å². The fraction of sp³-hybridized carbons (Fsp3) is 0.296. The Kier molecular flexibility index (Phi) is 5.61. The van der Waals surface area contributed by atoms with E-state index in [1.807, 2.05) is 56.3 Å². The van der Waals surface area contributed by atoms with Crippen molar-refractivity contribution in [2.24, 2.45) is 0 Å².